The first-order valence-electron chi connectivity index (χ1n) is 4.62. The molecule has 9 heteroatoms. The molecule has 96 valence electrons. The van der Waals surface area contributed by atoms with E-state index in [0.29, 0.717) is 0 Å². The van der Waals surface area contributed by atoms with Gasteiger partial charge in [0.2, 0.25) is 5.01 Å². The second-order valence-corrected chi connectivity index (χ2v) is 3.75. The summed E-state index contributed by atoms with van der Waals surface area (Å²) in [5.74, 6) is -0.671. The van der Waals surface area contributed by atoms with E-state index < -0.39 is 25.2 Å². The Balaban J connectivity index is 2.43. The summed E-state index contributed by atoms with van der Waals surface area (Å²) in [5.41, 5.74) is 0. The molecule has 1 heterocycles. The van der Waals surface area contributed by atoms with E-state index >= 15 is 0 Å². The van der Waals surface area contributed by atoms with Crippen LogP contribution < -0.4 is 4.74 Å². The zero-order valence-corrected chi connectivity index (χ0v) is 9.60. The summed E-state index contributed by atoms with van der Waals surface area (Å²) in [4.78, 5) is 11.1. The molecular weight excluding hydrogens is 261 g/mol. The molecule has 1 aromatic heterocycles. The molecule has 0 amide bonds. The first kappa shape index (κ1) is 13.7. The van der Waals surface area contributed by atoms with E-state index in [1.165, 1.54) is 0 Å². The lowest BCUT2D eigenvalue weighted by atomic mass is 10.4. The number of carbonyl (C=O) groups excluding carboxylic acids is 1. The molecule has 5 nitrogen and oxygen atoms in total. The number of nitrogens with zero attached hydrogens (tertiary/aromatic N) is 2. The Morgan fingerprint density at radius 3 is 2.71 bits per heavy atom. The van der Waals surface area contributed by atoms with Crippen molar-refractivity contribution in [3.63, 3.8) is 0 Å². The summed E-state index contributed by atoms with van der Waals surface area (Å²) in [6.45, 7) is 1.25. The Morgan fingerprint density at radius 2 is 2.12 bits per heavy atom. The van der Waals surface area contributed by atoms with Crippen LogP contribution in [0.4, 0.5) is 13.2 Å². The fourth-order valence-electron chi connectivity index (χ4n) is 0.797. The molecular formula is C8H9F3N2O3S. The third kappa shape index (κ3) is 4.98. The molecule has 0 spiro atoms. The Labute approximate surface area is 98.6 Å². The highest BCUT2D eigenvalue weighted by molar-refractivity contribution is 7.14. The first-order valence-corrected chi connectivity index (χ1v) is 5.44. The summed E-state index contributed by atoms with van der Waals surface area (Å²) < 4.78 is 44.8. The molecule has 0 fully saturated rings. The van der Waals surface area contributed by atoms with Crippen LogP contribution in [0.1, 0.15) is 23.1 Å². The Kier molecular flexibility index (Phi) is 4.67. The summed E-state index contributed by atoms with van der Waals surface area (Å²) in [6, 6.07) is 0. The topological polar surface area (TPSA) is 61.3 Å². The Hall–Kier alpha value is -1.38. The van der Waals surface area contributed by atoms with Gasteiger partial charge in [-0.1, -0.05) is 5.10 Å². The van der Waals surface area contributed by atoms with Crippen molar-refractivity contribution in [1.82, 2.24) is 10.2 Å². The van der Waals surface area contributed by atoms with Crippen LogP contribution in [0.25, 0.3) is 0 Å². The molecule has 0 saturated carbocycles. The maximum Gasteiger partial charge on any atom is 0.392 e. The summed E-state index contributed by atoms with van der Waals surface area (Å²) in [6.07, 6.45) is -5.37. The quantitative estimate of drug-likeness (QED) is 0.766. The first-order chi connectivity index (χ1) is 7.92. The average Bonchev–Trinajstić information content (AvgIpc) is 2.65. The van der Waals surface area contributed by atoms with E-state index in [2.05, 4.69) is 14.9 Å². The number of carbonyl (C=O) groups is 1. The summed E-state index contributed by atoms with van der Waals surface area (Å²) in [5, 5.41) is 6.72. The van der Waals surface area contributed by atoms with E-state index in [1.807, 2.05) is 0 Å². The summed E-state index contributed by atoms with van der Waals surface area (Å²) in [7, 11) is 0. The molecule has 0 aliphatic heterocycles. The molecule has 0 radical (unpaired) electrons. The van der Waals surface area contributed by atoms with E-state index in [-0.39, 0.29) is 16.8 Å². The van der Waals surface area contributed by atoms with Gasteiger partial charge in [0, 0.05) is 0 Å². The number of esters is 1. The second kappa shape index (κ2) is 5.80. The smallest absolute Gasteiger partial charge is 0.392 e. The zero-order valence-electron chi connectivity index (χ0n) is 8.78. The van der Waals surface area contributed by atoms with Gasteiger partial charge in [0.15, 0.2) is 0 Å². The largest absolute Gasteiger partial charge is 0.469 e. The van der Waals surface area contributed by atoms with Crippen molar-refractivity contribution in [2.24, 2.45) is 0 Å². The molecule has 0 unspecified atom stereocenters. The predicted octanol–water partition coefficient (Wildman–Crippen LogP) is 2.05. The van der Waals surface area contributed by atoms with E-state index in [9.17, 15) is 18.0 Å². The van der Waals surface area contributed by atoms with Gasteiger partial charge in [0.1, 0.15) is 0 Å². The molecule has 1 rings (SSSR count). The van der Waals surface area contributed by atoms with Crippen LogP contribution in [0, 0.1) is 0 Å². The van der Waals surface area contributed by atoms with Crippen LogP contribution >= 0.6 is 11.3 Å². The number of alkyl halides is 3. The predicted molar refractivity (Wildman–Crippen MR) is 52.0 cm³/mol. The van der Waals surface area contributed by atoms with Crippen LogP contribution in [0.3, 0.4) is 0 Å². The maximum atomic E-state index is 11.8. The van der Waals surface area contributed by atoms with Crippen molar-refractivity contribution >= 4 is 17.3 Å². The third-order valence-corrected chi connectivity index (χ3v) is 2.28. The minimum atomic E-state index is -4.28. The highest BCUT2D eigenvalue weighted by atomic mass is 32.1. The van der Waals surface area contributed by atoms with Gasteiger partial charge in [0.25, 0.3) is 5.19 Å². The zero-order chi connectivity index (χ0) is 12.9. The minimum absolute atomic E-state index is 0.0474. The highest BCUT2D eigenvalue weighted by Gasteiger charge is 2.27. The molecule has 0 atom stereocenters. The van der Waals surface area contributed by atoms with Crippen LogP contribution in [-0.2, 0) is 4.74 Å². The molecule has 0 N–H and O–H groups in total. The minimum Gasteiger partial charge on any atom is -0.469 e. The third-order valence-electron chi connectivity index (χ3n) is 1.47. The van der Waals surface area contributed by atoms with Crippen molar-refractivity contribution < 1.29 is 27.4 Å². The molecule has 1 aromatic rings. The van der Waals surface area contributed by atoms with Crippen molar-refractivity contribution in [3.05, 3.63) is 5.01 Å². The average molecular weight is 270 g/mol. The molecule has 0 aliphatic rings. The van der Waals surface area contributed by atoms with E-state index in [0.717, 1.165) is 11.3 Å². The fraction of sp³-hybridized carbons (Fsp3) is 0.625. The number of ether oxygens (including phenoxy) is 2. The SMILES string of the molecule is CCOC(=O)c1nnc(OCCC(F)(F)F)s1. The standard InChI is InChI=1S/C8H9F3N2O3S/c1-2-15-6(14)5-12-13-7(17-5)16-4-3-8(9,10)11/h2-4H2,1H3. The number of rotatable bonds is 5. The van der Waals surface area contributed by atoms with Gasteiger partial charge in [-0.3, -0.25) is 0 Å². The van der Waals surface area contributed by atoms with Gasteiger partial charge in [-0.05, 0) is 18.3 Å². The van der Waals surface area contributed by atoms with Gasteiger partial charge in [-0.15, -0.1) is 5.10 Å². The van der Waals surface area contributed by atoms with Gasteiger partial charge >= 0.3 is 12.1 Å². The number of hydrogen-bond donors (Lipinski definition) is 0. The van der Waals surface area contributed by atoms with Crippen molar-refractivity contribution in [3.8, 4) is 5.19 Å². The Morgan fingerprint density at radius 1 is 1.41 bits per heavy atom. The fourth-order valence-corrected chi connectivity index (χ4v) is 1.41. The highest BCUT2D eigenvalue weighted by Crippen LogP contribution is 2.22. The van der Waals surface area contributed by atoms with Gasteiger partial charge in [0.05, 0.1) is 19.6 Å². The van der Waals surface area contributed by atoms with Crippen LogP contribution in [0.5, 0.6) is 5.19 Å². The second-order valence-electron chi connectivity index (χ2n) is 2.81. The summed E-state index contributed by atoms with van der Waals surface area (Å²) >= 11 is 0.745. The monoisotopic (exact) mass is 270 g/mol. The van der Waals surface area contributed by atoms with Crippen LogP contribution in [-0.4, -0.2) is 35.6 Å². The molecule has 0 saturated heterocycles. The Bertz CT molecular complexity index is 380. The van der Waals surface area contributed by atoms with Crippen molar-refractivity contribution in [1.29, 1.82) is 0 Å². The van der Waals surface area contributed by atoms with Crippen LogP contribution in [0.15, 0.2) is 0 Å². The van der Waals surface area contributed by atoms with Crippen LogP contribution in [0.2, 0.25) is 0 Å². The lowest BCUT2D eigenvalue weighted by Crippen LogP contribution is -2.12. The van der Waals surface area contributed by atoms with Crippen molar-refractivity contribution in [2.45, 2.75) is 19.5 Å². The molecule has 0 aliphatic carbocycles. The van der Waals surface area contributed by atoms with Crippen molar-refractivity contribution in [2.75, 3.05) is 13.2 Å². The lowest BCUT2D eigenvalue weighted by molar-refractivity contribution is -0.139. The molecule has 17 heavy (non-hydrogen) atoms. The maximum absolute atomic E-state index is 11.8. The number of hydrogen-bond acceptors (Lipinski definition) is 6. The van der Waals surface area contributed by atoms with E-state index in [1.54, 1.807) is 6.92 Å². The number of halogens is 3. The lowest BCUT2D eigenvalue weighted by Gasteiger charge is -2.04. The normalized spacial score (nSPS) is 11.3. The van der Waals surface area contributed by atoms with E-state index in [4.69, 9.17) is 4.74 Å². The van der Waals surface area contributed by atoms with Gasteiger partial charge in [-0.2, -0.15) is 13.2 Å². The number of aromatic nitrogens is 2. The van der Waals surface area contributed by atoms with Gasteiger partial charge in [-0.25, -0.2) is 4.79 Å². The molecule has 0 aromatic carbocycles. The molecule has 0 bridgehead atoms. The van der Waals surface area contributed by atoms with Gasteiger partial charge < -0.3 is 9.47 Å².